The first-order chi connectivity index (χ1) is 45.3. The summed E-state index contributed by atoms with van der Waals surface area (Å²) in [6.45, 7) is 6.78. The van der Waals surface area contributed by atoms with Gasteiger partial charge in [-0.25, -0.2) is 29.9 Å². The highest BCUT2D eigenvalue weighted by atomic mass is 15.2. The van der Waals surface area contributed by atoms with Crippen LogP contribution < -0.4 is 26.2 Å². The Morgan fingerprint density at radius 2 is 0.717 bits per heavy atom. The van der Waals surface area contributed by atoms with E-state index >= 15 is 0 Å². The van der Waals surface area contributed by atoms with E-state index in [2.05, 4.69) is 254 Å². The van der Waals surface area contributed by atoms with Crippen molar-refractivity contribution in [3.05, 3.63) is 303 Å². The first kappa shape index (κ1) is 54.3. The molecule has 0 aliphatic carbocycles. The predicted octanol–water partition coefficient (Wildman–Crippen LogP) is 18.2. The molecule has 12 aromatic carbocycles. The Labute approximate surface area is 534 Å². The zero-order chi connectivity index (χ0) is 61.4. The third kappa shape index (κ3) is 9.25. The van der Waals surface area contributed by atoms with Crippen LogP contribution in [0.15, 0.2) is 297 Å². The minimum Gasteiger partial charge on any atom is -0.311 e. The lowest BCUT2D eigenvalue weighted by Crippen LogP contribution is -2.61. The quantitative estimate of drug-likeness (QED) is 0.125. The summed E-state index contributed by atoms with van der Waals surface area (Å²) in [5.41, 5.74) is 22.1. The van der Waals surface area contributed by atoms with E-state index in [0.29, 0.717) is 34.9 Å². The maximum atomic E-state index is 5.59. The Hall–Kier alpha value is -11.9. The first-order valence-corrected chi connectivity index (χ1v) is 31.3. The van der Waals surface area contributed by atoms with Crippen LogP contribution in [0.2, 0.25) is 0 Å². The molecule has 3 aromatic heterocycles. The van der Waals surface area contributed by atoms with E-state index in [1.165, 1.54) is 33.0 Å². The zero-order valence-electron chi connectivity index (χ0n) is 50.9. The average molecular weight is 1180 g/mol. The van der Waals surface area contributed by atoms with Crippen molar-refractivity contribution in [2.24, 2.45) is 0 Å². The zero-order valence-corrected chi connectivity index (χ0v) is 50.9. The van der Waals surface area contributed by atoms with Crippen molar-refractivity contribution in [1.82, 2.24) is 34.5 Å². The van der Waals surface area contributed by atoms with Crippen LogP contribution in [0.3, 0.4) is 0 Å². The highest BCUT2D eigenvalue weighted by Gasteiger charge is 2.44. The second kappa shape index (κ2) is 22.0. The summed E-state index contributed by atoms with van der Waals surface area (Å²) in [4.78, 5) is 36.9. The summed E-state index contributed by atoms with van der Waals surface area (Å²) in [5, 5.41) is 2.32. The molecule has 15 aromatic rings. The largest absolute Gasteiger partial charge is 0.311 e. The number of nitrogens with zero attached hydrogens (tertiary/aromatic N) is 9. The summed E-state index contributed by atoms with van der Waals surface area (Å²) in [5.74, 6) is 3.25. The van der Waals surface area contributed by atoms with E-state index in [1.807, 2.05) is 78.9 Å². The molecule has 92 heavy (non-hydrogen) atoms. The third-order valence-corrected chi connectivity index (χ3v) is 18.0. The second-order valence-corrected chi connectivity index (χ2v) is 24.6. The van der Waals surface area contributed by atoms with Gasteiger partial charge >= 0.3 is 0 Å². The maximum Gasteiger partial charge on any atom is 0.252 e. The molecule has 17 rings (SSSR count). The van der Waals surface area contributed by atoms with Gasteiger partial charge in [-0.15, -0.1) is 0 Å². The molecule has 2 aliphatic heterocycles. The molecule has 2 aliphatic rings. The number of para-hydroxylation sites is 5. The number of aromatic nitrogens is 7. The van der Waals surface area contributed by atoms with Gasteiger partial charge in [-0.2, -0.15) is 0 Å². The summed E-state index contributed by atoms with van der Waals surface area (Å²) < 4.78 is 2.36. The van der Waals surface area contributed by atoms with Crippen LogP contribution >= 0.6 is 0 Å². The second-order valence-electron chi connectivity index (χ2n) is 24.6. The van der Waals surface area contributed by atoms with Gasteiger partial charge < -0.3 is 14.4 Å². The van der Waals surface area contributed by atoms with E-state index < -0.39 is 0 Å². The molecule has 0 atom stereocenters. The van der Waals surface area contributed by atoms with Gasteiger partial charge in [0.15, 0.2) is 34.9 Å². The highest BCUT2D eigenvalue weighted by molar-refractivity contribution is 7.00. The Bertz CT molecular complexity index is 5260. The van der Waals surface area contributed by atoms with Crippen molar-refractivity contribution < 1.29 is 0 Å². The van der Waals surface area contributed by atoms with E-state index in [9.17, 15) is 0 Å². The Kier molecular flexibility index (Phi) is 13.0. The lowest BCUT2D eigenvalue weighted by molar-refractivity contribution is 0.591. The molecule has 5 heterocycles. The molecule has 0 bridgehead atoms. The summed E-state index contributed by atoms with van der Waals surface area (Å²) >= 11 is 0. The topological polar surface area (TPSA) is 88.7 Å². The highest BCUT2D eigenvalue weighted by Crippen LogP contribution is 2.48. The molecular weight excluding hydrogens is 1120 g/mol. The Morgan fingerprint density at radius 1 is 0.293 bits per heavy atom. The molecule has 0 N–H and O–H groups in total. The molecule has 0 saturated carbocycles. The molecular formula is C82H58BN9. The molecule has 10 heteroatoms. The molecule has 0 fully saturated rings. The van der Waals surface area contributed by atoms with Gasteiger partial charge in [0, 0.05) is 78.2 Å². The van der Waals surface area contributed by atoms with Gasteiger partial charge in [0.25, 0.3) is 6.71 Å². The Balaban J connectivity index is 0.874. The minimum absolute atomic E-state index is 0.0274. The fourth-order valence-electron chi connectivity index (χ4n) is 13.7. The van der Waals surface area contributed by atoms with Crippen LogP contribution in [0.4, 0.5) is 34.1 Å². The van der Waals surface area contributed by atoms with Gasteiger partial charge in [0.2, 0.25) is 0 Å². The summed E-state index contributed by atoms with van der Waals surface area (Å²) in [6, 6.07) is 105. The SMILES string of the molecule is CC(C)(C)c1ccc2c(c1)c1ccccc1n2-c1ccc(-c2nc(-c3ccccc3)nc(-c3ccccc3)n2)cc1-c1nc(-c2ccccc2)nc(-c2ccc(-c3ccc4c5c3N(c3ccccc3)c3ccccc3B5c3ccccc3N4c3ccccc3)cc2)n1. The third-order valence-electron chi connectivity index (χ3n) is 18.0. The average Bonchev–Trinajstić information content (AvgIpc) is 0.844. The lowest BCUT2D eigenvalue weighted by atomic mass is 9.33. The van der Waals surface area contributed by atoms with Crippen LogP contribution in [-0.4, -0.2) is 41.2 Å². The number of rotatable bonds is 10. The lowest BCUT2D eigenvalue weighted by Gasteiger charge is -2.45. The normalized spacial score (nSPS) is 12.4. The number of fused-ring (bicyclic) bond motifs is 7. The van der Waals surface area contributed by atoms with Crippen LogP contribution in [0.5, 0.6) is 0 Å². The van der Waals surface area contributed by atoms with E-state index in [4.69, 9.17) is 29.9 Å². The number of benzene rings is 12. The number of hydrogen-bond acceptors (Lipinski definition) is 8. The van der Waals surface area contributed by atoms with Gasteiger partial charge in [-0.1, -0.05) is 239 Å². The van der Waals surface area contributed by atoms with Crippen LogP contribution in [0, 0.1) is 0 Å². The number of anilines is 6. The monoisotopic (exact) mass is 1180 g/mol. The molecule has 0 amide bonds. The molecule has 0 unspecified atom stereocenters. The number of hydrogen-bond donors (Lipinski definition) is 0. The van der Waals surface area contributed by atoms with Gasteiger partial charge in [0.1, 0.15) is 0 Å². The van der Waals surface area contributed by atoms with Crippen LogP contribution in [-0.2, 0) is 5.41 Å². The Morgan fingerprint density at radius 3 is 1.28 bits per heavy atom. The van der Waals surface area contributed by atoms with Crippen LogP contribution in [0.1, 0.15) is 26.3 Å². The van der Waals surface area contributed by atoms with E-state index in [0.717, 1.165) is 95.1 Å². The molecule has 9 nitrogen and oxygen atoms in total. The van der Waals surface area contributed by atoms with E-state index in [1.54, 1.807) is 0 Å². The predicted molar refractivity (Wildman–Crippen MR) is 378 cm³/mol. The fourth-order valence-corrected chi connectivity index (χ4v) is 13.7. The van der Waals surface area contributed by atoms with Crippen molar-refractivity contribution in [2.45, 2.75) is 26.2 Å². The summed E-state index contributed by atoms with van der Waals surface area (Å²) in [6.07, 6.45) is 0. The van der Waals surface area contributed by atoms with Crippen molar-refractivity contribution in [3.8, 4) is 85.1 Å². The smallest absolute Gasteiger partial charge is 0.252 e. The standard InChI is InChI=1S/C82H58BN9/c1-82(2,3)59-46-49-69-64(52-59)63-35-19-22-38-68(63)92(69)70-48-45-58(80-86-76(54-25-9-4-10-26-54)84-77(87-80)55-27-11-5-12-28-55)51-65(70)81-88-78(56-29-13-6-14-30-56)85-79(89-81)57-43-41-53(42-44-57)62-47-50-73-74-75(62)91(61-33-17-8-18-34-61)72-40-24-21-37-67(72)83(74)66-36-20-23-39-71(66)90(73)60-31-15-7-16-32-60/h4-52H,1-3H3. The van der Waals surface area contributed by atoms with Gasteiger partial charge in [-0.3, -0.25) is 0 Å². The van der Waals surface area contributed by atoms with Gasteiger partial charge in [-0.05, 0) is 112 Å². The maximum absolute atomic E-state index is 5.59. The first-order valence-electron chi connectivity index (χ1n) is 31.3. The molecule has 0 spiro atoms. The van der Waals surface area contributed by atoms with Crippen molar-refractivity contribution in [3.63, 3.8) is 0 Å². The molecule has 0 saturated heterocycles. The van der Waals surface area contributed by atoms with Crippen molar-refractivity contribution in [1.29, 1.82) is 0 Å². The fraction of sp³-hybridized carbons (Fsp3) is 0.0488. The molecule has 434 valence electrons. The van der Waals surface area contributed by atoms with Crippen LogP contribution in [0.25, 0.3) is 107 Å². The van der Waals surface area contributed by atoms with Gasteiger partial charge in [0.05, 0.1) is 22.4 Å². The van der Waals surface area contributed by atoms with Crippen molar-refractivity contribution >= 4 is 79.0 Å². The minimum atomic E-state index is -0.0640. The van der Waals surface area contributed by atoms with E-state index in [-0.39, 0.29) is 12.1 Å². The summed E-state index contributed by atoms with van der Waals surface area (Å²) in [7, 11) is 0. The van der Waals surface area contributed by atoms with Crippen molar-refractivity contribution in [2.75, 3.05) is 9.80 Å². The molecule has 0 radical (unpaired) electrons.